The van der Waals surface area contributed by atoms with E-state index in [9.17, 15) is 9.18 Å². The predicted molar refractivity (Wildman–Crippen MR) is 85.5 cm³/mol. The van der Waals surface area contributed by atoms with Gasteiger partial charge in [0, 0.05) is 13.7 Å². The number of halogens is 1. The van der Waals surface area contributed by atoms with Gasteiger partial charge in [0.15, 0.2) is 11.6 Å². The lowest BCUT2D eigenvalue weighted by molar-refractivity contribution is -0.121. The van der Waals surface area contributed by atoms with E-state index in [0.29, 0.717) is 13.2 Å². The largest absolute Gasteiger partial charge is 0.490 e. The Hall–Kier alpha value is -2.40. The van der Waals surface area contributed by atoms with Crippen LogP contribution < -0.4 is 10.1 Å². The van der Waals surface area contributed by atoms with Crippen molar-refractivity contribution in [3.63, 3.8) is 0 Å². The number of hydrogen-bond acceptors (Lipinski definition) is 3. The number of nitrogens with one attached hydrogen (secondary N) is 1. The molecular weight excluding hydrogens is 297 g/mol. The SMILES string of the molecule is COCc1ccc(CNC(=O)CCOc2ccccc2F)cc1. The number of ether oxygens (including phenoxy) is 2. The topological polar surface area (TPSA) is 47.6 Å². The van der Waals surface area contributed by atoms with Crippen molar-refractivity contribution in [1.82, 2.24) is 5.32 Å². The predicted octanol–water partition coefficient (Wildman–Crippen LogP) is 3.06. The van der Waals surface area contributed by atoms with E-state index in [-0.39, 0.29) is 24.7 Å². The maximum atomic E-state index is 13.3. The molecule has 122 valence electrons. The minimum Gasteiger partial charge on any atom is -0.490 e. The van der Waals surface area contributed by atoms with Crippen LogP contribution in [0.4, 0.5) is 4.39 Å². The minimum absolute atomic E-state index is 0.137. The lowest BCUT2D eigenvalue weighted by Crippen LogP contribution is -2.24. The van der Waals surface area contributed by atoms with Crippen LogP contribution in [0, 0.1) is 5.82 Å². The number of carbonyl (C=O) groups excluding carboxylic acids is 1. The molecule has 0 bridgehead atoms. The fourth-order valence-corrected chi connectivity index (χ4v) is 2.02. The van der Waals surface area contributed by atoms with Crippen LogP contribution in [0.5, 0.6) is 5.75 Å². The summed E-state index contributed by atoms with van der Waals surface area (Å²) >= 11 is 0. The average Bonchev–Trinajstić information content (AvgIpc) is 2.56. The van der Waals surface area contributed by atoms with Crippen LogP contribution in [0.2, 0.25) is 0 Å². The Morgan fingerprint density at radius 1 is 1.09 bits per heavy atom. The number of benzene rings is 2. The summed E-state index contributed by atoms with van der Waals surface area (Å²) in [5.41, 5.74) is 2.09. The summed E-state index contributed by atoms with van der Waals surface area (Å²) in [5.74, 6) is -0.402. The van der Waals surface area contributed by atoms with Gasteiger partial charge in [-0.05, 0) is 23.3 Å². The molecule has 0 aromatic heterocycles. The molecule has 0 saturated heterocycles. The van der Waals surface area contributed by atoms with Crippen molar-refractivity contribution in [2.24, 2.45) is 0 Å². The molecule has 0 radical (unpaired) electrons. The fraction of sp³-hybridized carbons (Fsp3) is 0.278. The van der Waals surface area contributed by atoms with Crippen LogP contribution in [0.3, 0.4) is 0 Å². The first-order valence-electron chi connectivity index (χ1n) is 7.40. The standard InChI is InChI=1S/C18H20FNO3/c1-22-13-15-8-6-14(7-9-15)12-20-18(21)10-11-23-17-5-3-2-4-16(17)19/h2-9H,10-13H2,1H3,(H,20,21). The molecule has 1 N–H and O–H groups in total. The van der Waals surface area contributed by atoms with Crippen LogP contribution in [0.25, 0.3) is 0 Å². The van der Waals surface area contributed by atoms with Crippen molar-refractivity contribution >= 4 is 5.91 Å². The van der Waals surface area contributed by atoms with Gasteiger partial charge in [0.2, 0.25) is 5.91 Å². The maximum Gasteiger partial charge on any atom is 0.223 e. The molecule has 0 aliphatic heterocycles. The normalized spacial score (nSPS) is 10.3. The van der Waals surface area contributed by atoms with Gasteiger partial charge in [0.1, 0.15) is 0 Å². The first-order valence-corrected chi connectivity index (χ1v) is 7.40. The van der Waals surface area contributed by atoms with Crippen LogP contribution in [-0.4, -0.2) is 19.6 Å². The Balaban J connectivity index is 1.69. The molecule has 2 aromatic carbocycles. The van der Waals surface area contributed by atoms with Gasteiger partial charge in [-0.2, -0.15) is 0 Å². The van der Waals surface area contributed by atoms with Gasteiger partial charge < -0.3 is 14.8 Å². The first-order chi connectivity index (χ1) is 11.2. The number of amides is 1. The first kappa shape index (κ1) is 17.0. The fourth-order valence-electron chi connectivity index (χ4n) is 2.02. The van der Waals surface area contributed by atoms with Crippen molar-refractivity contribution in [2.45, 2.75) is 19.6 Å². The van der Waals surface area contributed by atoms with Crippen molar-refractivity contribution in [3.8, 4) is 5.75 Å². The van der Waals surface area contributed by atoms with Gasteiger partial charge in [0.05, 0.1) is 19.6 Å². The number of rotatable bonds is 8. The van der Waals surface area contributed by atoms with Crippen LogP contribution >= 0.6 is 0 Å². The molecule has 2 rings (SSSR count). The molecular formula is C18H20FNO3. The highest BCUT2D eigenvalue weighted by atomic mass is 19.1. The van der Waals surface area contributed by atoms with Gasteiger partial charge >= 0.3 is 0 Å². The molecule has 4 nitrogen and oxygen atoms in total. The van der Waals surface area contributed by atoms with Crippen molar-refractivity contribution in [2.75, 3.05) is 13.7 Å². The highest BCUT2D eigenvalue weighted by Gasteiger charge is 2.05. The van der Waals surface area contributed by atoms with E-state index in [1.807, 2.05) is 24.3 Å². The highest BCUT2D eigenvalue weighted by molar-refractivity contribution is 5.76. The molecule has 0 heterocycles. The van der Waals surface area contributed by atoms with Crippen LogP contribution in [0.1, 0.15) is 17.5 Å². The van der Waals surface area contributed by atoms with Crippen molar-refractivity contribution in [1.29, 1.82) is 0 Å². The third kappa shape index (κ3) is 5.71. The summed E-state index contributed by atoms with van der Waals surface area (Å²) in [4.78, 5) is 11.8. The summed E-state index contributed by atoms with van der Waals surface area (Å²) in [5, 5.41) is 2.81. The Kier molecular flexibility index (Phi) is 6.56. The molecule has 0 aliphatic rings. The van der Waals surface area contributed by atoms with E-state index in [1.165, 1.54) is 12.1 Å². The van der Waals surface area contributed by atoms with Gasteiger partial charge in [-0.15, -0.1) is 0 Å². The second-order valence-corrected chi connectivity index (χ2v) is 5.06. The minimum atomic E-state index is -0.427. The van der Waals surface area contributed by atoms with E-state index in [1.54, 1.807) is 19.2 Å². The number of methoxy groups -OCH3 is 1. The maximum absolute atomic E-state index is 13.3. The van der Waals surface area contributed by atoms with E-state index in [0.717, 1.165) is 11.1 Å². The van der Waals surface area contributed by atoms with Crippen molar-refractivity contribution < 1.29 is 18.7 Å². The van der Waals surface area contributed by atoms with Crippen LogP contribution in [0.15, 0.2) is 48.5 Å². The molecule has 23 heavy (non-hydrogen) atoms. The van der Waals surface area contributed by atoms with Gasteiger partial charge in [-0.1, -0.05) is 36.4 Å². The quantitative estimate of drug-likeness (QED) is 0.814. The third-order valence-corrected chi connectivity index (χ3v) is 3.25. The molecule has 5 heteroatoms. The molecule has 1 amide bonds. The molecule has 0 saturated carbocycles. The molecule has 0 aliphatic carbocycles. The molecule has 2 aromatic rings. The van der Waals surface area contributed by atoms with E-state index in [2.05, 4.69) is 5.32 Å². The zero-order chi connectivity index (χ0) is 16.5. The van der Waals surface area contributed by atoms with E-state index >= 15 is 0 Å². The molecule has 0 spiro atoms. The van der Waals surface area contributed by atoms with E-state index < -0.39 is 5.82 Å². The number of para-hydroxylation sites is 1. The Labute approximate surface area is 135 Å². The number of carbonyl (C=O) groups is 1. The Bertz CT molecular complexity index is 628. The molecule has 0 unspecified atom stereocenters. The monoisotopic (exact) mass is 317 g/mol. The number of hydrogen-bond donors (Lipinski definition) is 1. The lowest BCUT2D eigenvalue weighted by atomic mass is 10.1. The Morgan fingerprint density at radius 2 is 1.78 bits per heavy atom. The summed E-state index contributed by atoms with van der Waals surface area (Å²) in [6, 6.07) is 14.0. The molecule has 0 atom stereocenters. The lowest BCUT2D eigenvalue weighted by Gasteiger charge is -2.08. The zero-order valence-corrected chi connectivity index (χ0v) is 13.0. The summed E-state index contributed by atoms with van der Waals surface area (Å²) in [7, 11) is 1.65. The summed E-state index contributed by atoms with van der Waals surface area (Å²) in [6.07, 6.45) is 0.177. The summed E-state index contributed by atoms with van der Waals surface area (Å²) < 4.78 is 23.6. The van der Waals surface area contributed by atoms with E-state index in [4.69, 9.17) is 9.47 Å². The zero-order valence-electron chi connectivity index (χ0n) is 13.0. The summed E-state index contributed by atoms with van der Waals surface area (Å²) in [6.45, 7) is 1.16. The second-order valence-electron chi connectivity index (χ2n) is 5.06. The van der Waals surface area contributed by atoms with Gasteiger partial charge in [-0.25, -0.2) is 4.39 Å². The van der Waals surface area contributed by atoms with Gasteiger partial charge in [0.25, 0.3) is 0 Å². The Morgan fingerprint density at radius 3 is 2.48 bits per heavy atom. The highest BCUT2D eigenvalue weighted by Crippen LogP contribution is 2.15. The van der Waals surface area contributed by atoms with Crippen LogP contribution in [-0.2, 0) is 22.7 Å². The smallest absolute Gasteiger partial charge is 0.223 e. The van der Waals surface area contributed by atoms with Crippen molar-refractivity contribution in [3.05, 3.63) is 65.5 Å². The average molecular weight is 317 g/mol. The second kappa shape index (κ2) is 8.90. The van der Waals surface area contributed by atoms with Gasteiger partial charge in [-0.3, -0.25) is 4.79 Å². The molecule has 0 fully saturated rings. The third-order valence-electron chi connectivity index (χ3n) is 3.25.